The van der Waals surface area contributed by atoms with Crippen molar-refractivity contribution in [3.05, 3.63) is 0 Å². The third kappa shape index (κ3) is 3.66. The molecule has 4 rings (SSSR count). The summed E-state index contributed by atoms with van der Waals surface area (Å²) in [6, 6.07) is 0.568. The van der Waals surface area contributed by atoms with E-state index < -0.39 is 11.4 Å². The zero-order valence-corrected chi connectivity index (χ0v) is 20.6. The number of carbonyl (C=O) groups is 3. The lowest BCUT2D eigenvalue weighted by molar-refractivity contribution is -0.157. The van der Waals surface area contributed by atoms with Gasteiger partial charge in [0.1, 0.15) is 0 Å². The van der Waals surface area contributed by atoms with E-state index in [0.29, 0.717) is 42.5 Å². The van der Waals surface area contributed by atoms with E-state index in [9.17, 15) is 19.5 Å². The number of carboxylic acid groups (broad SMARTS) is 1. The minimum atomic E-state index is -0.875. The van der Waals surface area contributed by atoms with Gasteiger partial charge >= 0.3 is 5.97 Å². The van der Waals surface area contributed by atoms with Crippen molar-refractivity contribution in [1.29, 1.82) is 0 Å². The number of likely N-dealkylation sites (tertiary alicyclic amines) is 1. The van der Waals surface area contributed by atoms with Gasteiger partial charge in [-0.05, 0) is 93.8 Å². The molecule has 6 heteroatoms. The average Bonchev–Trinajstić information content (AvgIpc) is 3.06. The summed E-state index contributed by atoms with van der Waals surface area (Å²) in [6.45, 7) is 8.20. The second-order valence-electron chi connectivity index (χ2n) is 12.4. The Bertz CT molecular complexity index is 795. The fraction of sp³-hybridized carbons (Fsp3) is 0.885. The van der Waals surface area contributed by atoms with Gasteiger partial charge in [0.2, 0.25) is 11.8 Å². The van der Waals surface area contributed by atoms with Crippen LogP contribution in [0.3, 0.4) is 0 Å². The molecule has 0 radical (unpaired) electrons. The van der Waals surface area contributed by atoms with Crippen molar-refractivity contribution < 1.29 is 19.5 Å². The van der Waals surface area contributed by atoms with Gasteiger partial charge in [-0.3, -0.25) is 14.4 Å². The molecule has 1 unspecified atom stereocenters. The molecule has 3 saturated carbocycles. The molecule has 0 spiro atoms. The van der Waals surface area contributed by atoms with E-state index in [1.54, 1.807) is 13.8 Å². The lowest BCUT2D eigenvalue weighted by atomic mass is 9.47. The molecule has 32 heavy (non-hydrogen) atoms. The zero-order valence-electron chi connectivity index (χ0n) is 20.6. The molecule has 1 aliphatic heterocycles. The Labute approximate surface area is 192 Å². The minimum absolute atomic E-state index is 0.00332. The summed E-state index contributed by atoms with van der Waals surface area (Å²) in [5, 5.41) is 12.6. The summed E-state index contributed by atoms with van der Waals surface area (Å²) in [4.78, 5) is 38.5. The molecule has 1 heterocycles. The summed E-state index contributed by atoms with van der Waals surface area (Å²) >= 11 is 0. The molecule has 3 aliphatic carbocycles. The van der Waals surface area contributed by atoms with Gasteiger partial charge in [-0.15, -0.1) is 0 Å². The number of rotatable bonds is 5. The van der Waals surface area contributed by atoms with Crippen molar-refractivity contribution >= 4 is 17.8 Å². The molecule has 6 nitrogen and oxygen atoms in total. The van der Waals surface area contributed by atoms with Crippen molar-refractivity contribution in [3.8, 4) is 0 Å². The van der Waals surface area contributed by atoms with Crippen LogP contribution < -0.4 is 5.32 Å². The molecule has 0 aromatic heterocycles. The lowest BCUT2D eigenvalue weighted by Crippen LogP contribution is -2.62. The zero-order chi connectivity index (χ0) is 23.5. The van der Waals surface area contributed by atoms with Crippen LogP contribution in [-0.4, -0.2) is 46.9 Å². The molecule has 0 aromatic rings. The van der Waals surface area contributed by atoms with E-state index in [-0.39, 0.29) is 29.2 Å². The largest absolute Gasteiger partial charge is 0.481 e. The van der Waals surface area contributed by atoms with E-state index in [1.165, 1.54) is 19.3 Å². The number of carboxylic acids is 1. The molecule has 4 aliphatic rings. The number of fused-ring (bicyclic) bond motifs is 5. The monoisotopic (exact) mass is 446 g/mol. The van der Waals surface area contributed by atoms with Crippen molar-refractivity contribution in [1.82, 2.24) is 10.2 Å². The summed E-state index contributed by atoms with van der Waals surface area (Å²) in [6.07, 6.45) is 9.13. The highest BCUT2D eigenvalue weighted by Gasteiger charge is 2.61. The number of hydrogen-bond acceptors (Lipinski definition) is 3. The number of piperidine rings is 1. The SMILES string of the molecule is CN1C(=O)CC[C@]2(C)[C@H]3CC[C@]4(C)C(NC(=O)CCC(C)(C)C(=O)O)CC[C@H]4[C@@H]3CC[C@@H]12. The predicted octanol–water partition coefficient (Wildman–Crippen LogP) is 4.23. The van der Waals surface area contributed by atoms with Crippen LogP contribution in [0.1, 0.15) is 91.9 Å². The lowest BCUT2D eigenvalue weighted by Gasteiger charge is -2.61. The summed E-state index contributed by atoms with van der Waals surface area (Å²) < 4.78 is 0. The highest BCUT2D eigenvalue weighted by Crippen LogP contribution is 2.64. The number of carbonyl (C=O) groups excluding carboxylic acids is 2. The molecule has 0 aromatic carbocycles. The maximum atomic E-state index is 12.7. The first-order valence-electron chi connectivity index (χ1n) is 12.7. The number of hydrogen-bond donors (Lipinski definition) is 2. The molecule has 2 amide bonds. The van der Waals surface area contributed by atoms with Gasteiger partial charge in [0, 0.05) is 32.0 Å². The van der Waals surface area contributed by atoms with Crippen LogP contribution >= 0.6 is 0 Å². The Morgan fingerprint density at radius 1 is 1.06 bits per heavy atom. The van der Waals surface area contributed by atoms with Crippen molar-refractivity contribution in [2.24, 2.45) is 34.0 Å². The average molecular weight is 447 g/mol. The van der Waals surface area contributed by atoms with E-state index in [0.717, 1.165) is 25.7 Å². The molecule has 1 saturated heterocycles. The van der Waals surface area contributed by atoms with Crippen molar-refractivity contribution in [2.75, 3.05) is 7.05 Å². The van der Waals surface area contributed by atoms with Crippen LogP contribution in [0.5, 0.6) is 0 Å². The summed E-state index contributed by atoms with van der Waals surface area (Å²) in [7, 11) is 2.00. The smallest absolute Gasteiger partial charge is 0.309 e. The Morgan fingerprint density at radius 2 is 1.75 bits per heavy atom. The van der Waals surface area contributed by atoms with Gasteiger partial charge in [-0.25, -0.2) is 0 Å². The van der Waals surface area contributed by atoms with Crippen molar-refractivity contribution in [3.63, 3.8) is 0 Å². The van der Waals surface area contributed by atoms with Crippen molar-refractivity contribution in [2.45, 2.75) is 104 Å². The third-order valence-electron chi connectivity index (χ3n) is 10.4. The highest BCUT2D eigenvalue weighted by molar-refractivity contribution is 5.79. The fourth-order valence-corrected chi connectivity index (χ4v) is 8.19. The van der Waals surface area contributed by atoms with Crippen LogP contribution in [0.2, 0.25) is 0 Å². The predicted molar refractivity (Wildman–Crippen MR) is 123 cm³/mol. The maximum Gasteiger partial charge on any atom is 0.309 e. The maximum absolute atomic E-state index is 12.7. The van der Waals surface area contributed by atoms with Crippen LogP contribution in [0.25, 0.3) is 0 Å². The van der Waals surface area contributed by atoms with Crippen LogP contribution in [0, 0.1) is 34.0 Å². The molecular weight excluding hydrogens is 404 g/mol. The van der Waals surface area contributed by atoms with E-state index in [4.69, 9.17) is 0 Å². The first-order valence-corrected chi connectivity index (χ1v) is 12.7. The van der Waals surface area contributed by atoms with Gasteiger partial charge in [-0.2, -0.15) is 0 Å². The van der Waals surface area contributed by atoms with Crippen LogP contribution in [0.15, 0.2) is 0 Å². The van der Waals surface area contributed by atoms with Gasteiger partial charge in [0.05, 0.1) is 5.41 Å². The van der Waals surface area contributed by atoms with E-state index >= 15 is 0 Å². The van der Waals surface area contributed by atoms with Gasteiger partial charge in [0.25, 0.3) is 0 Å². The second kappa shape index (κ2) is 8.02. The Morgan fingerprint density at radius 3 is 2.44 bits per heavy atom. The Hall–Kier alpha value is -1.59. The second-order valence-corrected chi connectivity index (χ2v) is 12.4. The molecule has 0 bridgehead atoms. The minimum Gasteiger partial charge on any atom is -0.481 e. The summed E-state index contributed by atoms with van der Waals surface area (Å²) in [5.74, 6) is 1.43. The highest BCUT2D eigenvalue weighted by atomic mass is 16.4. The third-order valence-corrected chi connectivity index (χ3v) is 10.4. The number of nitrogens with one attached hydrogen (secondary N) is 1. The van der Waals surface area contributed by atoms with Crippen LogP contribution in [0.4, 0.5) is 0 Å². The first kappa shape index (κ1) is 23.6. The Kier molecular flexibility index (Phi) is 5.90. The van der Waals surface area contributed by atoms with E-state index in [1.807, 2.05) is 11.9 Å². The summed E-state index contributed by atoms with van der Waals surface area (Å²) in [5.41, 5.74) is -0.532. The quantitative estimate of drug-likeness (QED) is 0.662. The standard InChI is InChI=1S/C26H42N2O4/c1-24(2,23(31)32)13-11-21(29)27-19-8-7-17-16-6-9-20-26(4,15-12-22(30)28(20)5)18(16)10-14-25(17,19)3/h16-20H,6-15H2,1-5H3,(H,27,29)(H,31,32)/t16-,17-,18-,19?,20+,25-,26+/m0/s1. The first-order chi connectivity index (χ1) is 14.9. The topological polar surface area (TPSA) is 86.7 Å². The van der Waals surface area contributed by atoms with Crippen LogP contribution in [-0.2, 0) is 14.4 Å². The fourth-order valence-electron chi connectivity index (χ4n) is 8.19. The number of amides is 2. The normalized spacial score (nSPS) is 41.5. The molecule has 7 atom stereocenters. The van der Waals surface area contributed by atoms with Gasteiger partial charge in [-0.1, -0.05) is 13.8 Å². The molecule has 2 N–H and O–H groups in total. The van der Waals surface area contributed by atoms with E-state index in [2.05, 4.69) is 19.2 Å². The molecular formula is C26H42N2O4. The molecule has 4 fully saturated rings. The van der Waals surface area contributed by atoms with Gasteiger partial charge in [0.15, 0.2) is 0 Å². The Balaban J connectivity index is 1.43. The van der Waals surface area contributed by atoms with Gasteiger partial charge < -0.3 is 15.3 Å². The number of nitrogens with zero attached hydrogens (tertiary/aromatic N) is 1. The molecule has 180 valence electrons. The number of aliphatic carboxylic acids is 1.